The van der Waals surface area contributed by atoms with Crippen LogP contribution in [0.3, 0.4) is 0 Å². The van der Waals surface area contributed by atoms with E-state index in [0.717, 1.165) is 4.90 Å². The van der Waals surface area contributed by atoms with Gasteiger partial charge in [-0.3, -0.25) is 0 Å². The first-order valence-corrected chi connectivity index (χ1v) is 6.12. The lowest BCUT2D eigenvalue weighted by atomic mass is 10.1. The highest BCUT2D eigenvalue weighted by atomic mass is 32.2. The molecule has 0 aliphatic rings. The molecule has 0 amide bonds. The van der Waals surface area contributed by atoms with Crippen molar-refractivity contribution >= 4 is 11.8 Å². The first-order chi connectivity index (χ1) is 7.41. The van der Waals surface area contributed by atoms with Crippen LogP contribution in [0.1, 0.15) is 32.4 Å². The average molecular weight is 244 g/mol. The van der Waals surface area contributed by atoms with Crippen molar-refractivity contribution in [1.82, 2.24) is 0 Å². The van der Waals surface area contributed by atoms with Gasteiger partial charge in [0, 0.05) is 10.1 Å². The van der Waals surface area contributed by atoms with Crippen LogP contribution in [0.4, 0.5) is 4.39 Å². The van der Waals surface area contributed by atoms with E-state index in [0.29, 0.717) is 5.56 Å². The molecule has 1 aromatic carbocycles. The van der Waals surface area contributed by atoms with Gasteiger partial charge in [-0.15, -0.1) is 11.8 Å². The van der Waals surface area contributed by atoms with Crippen LogP contribution in [0, 0.1) is 5.82 Å². The standard InChI is InChI=1S/C12H17FO2S/c1-7(14)9(3)16-12-5-4-10(13)6-11(12)8(2)15/h4-9,14-15H,1-3H3/t7?,8-,9?/m1/s1. The zero-order chi connectivity index (χ0) is 12.3. The van der Waals surface area contributed by atoms with Gasteiger partial charge in [0.1, 0.15) is 5.82 Å². The molecular formula is C12H17FO2S. The Morgan fingerprint density at radius 2 is 1.81 bits per heavy atom. The molecule has 1 aromatic rings. The van der Waals surface area contributed by atoms with Crippen molar-refractivity contribution in [3.63, 3.8) is 0 Å². The number of hydrogen-bond donors (Lipinski definition) is 2. The summed E-state index contributed by atoms with van der Waals surface area (Å²) in [5.74, 6) is -0.357. The molecule has 2 unspecified atom stereocenters. The zero-order valence-electron chi connectivity index (χ0n) is 9.64. The summed E-state index contributed by atoms with van der Waals surface area (Å²) in [6.07, 6.45) is -1.16. The van der Waals surface area contributed by atoms with Gasteiger partial charge in [0.15, 0.2) is 0 Å². The maximum Gasteiger partial charge on any atom is 0.123 e. The SMILES string of the molecule is CC(O)C(C)Sc1ccc(F)cc1[C@@H](C)O. The predicted molar refractivity (Wildman–Crippen MR) is 64.0 cm³/mol. The van der Waals surface area contributed by atoms with Crippen LogP contribution in [0.2, 0.25) is 0 Å². The summed E-state index contributed by atoms with van der Waals surface area (Å²) in [5, 5.41) is 18.9. The molecule has 0 spiro atoms. The lowest BCUT2D eigenvalue weighted by Crippen LogP contribution is -2.15. The Morgan fingerprint density at radius 1 is 1.19 bits per heavy atom. The monoisotopic (exact) mass is 244 g/mol. The van der Waals surface area contributed by atoms with Crippen LogP contribution in [0.25, 0.3) is 0 Å². The third kappa shape index (κ3) is 3.47. The van der Waals surface area contributed by atoms with Gasteiger partial charge in [0.2, 0.25) is 0 Å². The molecule has 0 fully saturated rings. The van der Waals surface area contributed by atoms with Crippen LogP contribution >= 0.6 is 11.8 Å². The molecule has 2 N–H and O–H groups in total. The molecule has 90 valence electrons. The molecule has 0 saturated heterocycles. The molecular weight excluding hydrogens is 227 g/mol. The Balaban J connectivity index is 2.95. The van der Waals surface area contributed by atoms with Gasteiger partial charge in [0.05, 0.1) is 12.2 Å². The van der Waals surface area contributed by atoms with E-state index < -0.39 is 12.2 Å². The minimum absolute atomic E-state index is 0.00274. The van der Waals surface area contributed by atoms with Gasteiger partial charge in [0.25, 0.3) is 0 Å². The normalized spacial score (nSPS) is 16.9. The third-order valence-corrected chi connectivity index (χ3v) is 3.81. The number of thioether (sulfide) groups is 1. The Bertz CT molecular complexity index is 353. The van der Waals surface area contributed by atoms with Crippen LogP contribution in [0.15, 0.2) is 23.1 Å². The fourth-order valence-electron chi connectivity index (χ4n) is 1.25. The number of rotatable bonds is 4. The molecule has 2 nitrogen and oxygen atoms in total. The number of aliphatic hydroxyl groups is 2. The number of hydrogen-bond acceptors (Lipinski definition) is 3. The van der Waals surface area contributed by atoms with E-state index in [1.54, 1.807) is 19.9 Å². The Kier molecular flexibility index (Phi) is 4.77. The van der Waals surface area contributed by atoms with E-state index in [1.807, 2.05) is 6.92 Å². The van der Waals surface area contributed by atoms with Gasteiger partial charge >= 0.3 is 0 Å². The summed E-state index contributed by atoms with van der Waals surface area (Å²) in [5.41, 5.74) is 0.567. The van der Waals surface area contributed by atoms with E-state index in [2.05, 4.69) is 0 Å². The summed E-state index contributed by atoms with van der Waals surface area (Å²) in [6, 6.07) is 4.34. The van der Waals surface area contributed by atoms with Gasteiger partial charge in [-0.2, -0.15) is 0 Å². The summed E-state index contributed by atoms with van der Waals surface area (Å²) in [6.45, 7) is 5.21. The highest BCUT2D eigenvalue weighted by Gasteiger charge is 2.15. The lowest BCUT2D eigenvalue weighted by Gasteiger charge is -2.17. The van der Waals surface area contributed by atoms with Crippen molar-refractivity contribution in [2.75, 3.05) is 0 Å². The minimum atomic E-state index is -0.709. The molecule has 4 heteroatoms. The van der Waals surface area contributed by atoms with Crippen molar-refractivity contribution in [2.24, 2.45) is 0 Å². The van der Waals surface area contributed by atoms with E-state index in [9.17, 15) is 14.6 Å². The maximum absolute atomic E-state index is 13.0. The van der Waals surface area contributed by atoms with Gasteiger partial charge in [-0.05, 0) is 37.6 Å². The summed E-state index contributed by atoms with van der Waals surface area (Å²) in [7, 11) is 0. The topological polar surface area (TPSA) is 40.5 Å². The van der Waals surface area contributed by atoms with Crippen molar-refractivity contribution in [3.8, 4) is 0 Å². The van der Waals surface area contributed by atoms with Crippen LogP contribution < -0.4 is 0 Å². The van der Waals surface area contributed by atoms with Crippen molar-refractivity contribution in [3.05, 3.63) is 29.6 Å². The Hall–Kier alpha value is -0.580. The van der Waals surface area contributed by atoms with Crippen LogP contribution in [-0.2, 0) is 0 Å². The molecule has 0 radical (unpaired) electrons. The molecule has 0 saturated carbocycles. The molecule has 0 aliphatic carbocycles. The third-order valence-electron chi connectivity index (χ3n) is 2.41. The minimum Gasteiger partial charge on any atom is -0.392 e. The van der Waals surface area contributed by atoms with Gasteiger partial charge in [-0.25, -0.2) is 4.39 Å². The second-order valence-electron chi connectivity index (χ2n) is 3.92. The summed E-state index contributed by atoms with van der Waals surface area (Å²) < 4.78 is 13.0. The zero-order valence-corrected chi connectivity index (χ0v) is 10.5. The van der Waals surface area contributed by atoms with E-state index in [-0.39, 0.29) is 11.1 Å². The number of aliphatic hydroxyl groups excluding tert-OH is 2. The van der Waals surface area contributed by atoms with Crippen molar-refractivity contribution < 1.29 is 14.6 Å². The number of benzene rings is 1. The average Bonchev–Trinajstić information content (AvgIpc) is 2.20. The Morgan fingerprint density at radius 3 is 2.31 bits per heavy atom. The fourth-order valence-corrected chi connectivity index (χ4v) is 2.36. The van der Waals surface area contributed by atoms with Crippen LogP contribution in [0.5, 0.6) is 0 Å². The largest absolute Gasteiger partial charge is 0.392 e. The fraction of sp³-hybridized carbons (Fsp3) is 0.500. The molecule has 0 heterocycles. The Labute approximate surface area is 99.5 Å². The highest BCUT2D eigenvalue weighted by molar-refractivity contribution is 8.00. The first-order valence-electron chi connectivity index (χ1n) is 5.24. The smallest absolute Gasteiger partial charge is 0.123 e. The lowest BCUT2D eigenvalue weighted by molar-refractivity contribution is 0.193. The summed E-state index contributed by atoms with van der Waals surface area (Å²) in [4.78, 5) is 0.810. The first kappa shape index (κ1) is 13.5. The molecule has 0 aromatic heterocycles. The van der Waals surface area contributed by atoms with E-state index >= 15 is 0 Å². The molecule has 0 aliphatic heterocycles. The molecule has 1 rings (SSSR count). The van der Waals surface area contributed by atoms with Crippen LogP contribution in [-0.4, -0.2) is 21.6 Å². The maximum atomic E-state index is 13.0. The van der Waals surface area contributed by atoms with E-state index in [4.69, 9.17) is 0 Å². The van der Waals surface area contributed by atoms with Gasteiger partial charge < -0.3 is 10.2 Å². The van der Waals surface area contributed by atoms with Crippen molar-refractivity contribution in [2.45, 2.75) is 43.1 Å². The quantitative estimate of drug-likeness (QED) is 0.800. The molecule has 3 atom stereocenters. The second-order valence-corrected chi connectivity index (χ2v) is 5.34. The molecule has 0 bridgehead atoms. The van der Waals surface area contributed by atoms with E-state index in [1.165, 1.54) is 23.9 Å². The number of halogens is 1. The highest BCUT2D eigenvalue weighted by Crippen LogP contribution is 2.32. The summed E-state index contributed by atoms with van der Waals surface area (Å²) >= 11 is 1.44. The molecule has 16 heavy (non-hydrogen) atoms. The second kappa shape index (κ2) is 5.66. The van der Waals surface area contributed by atoms with Gasteiger partial charge in [-0.1, -0.05) is 6.92 Å². The van der Waals surface area contributed by atoms with Crippen molar-refractivity contribution in [1.29, 1.82) is 0 Å². The predicted octanol–water partition coefficient (Wildman–Crippen LogP) is 2.74.